The molecule has 0 aliphatic rings. The maximum absolute atomic E-state index is 11.7. The van der Waals surface area contributed by atoms with Gasteiger partial charge in [0.15, 0.2) is 0 Å². The normalized spacial score (nSPS) is 10.1. The number of nitrogens with one attached hydrogen (secondary N) is 2. The van der Waals surface area contributed by atoms with Crippen molar-refractivity contribution in [2.75, 3.05) is 25.1 Å². The Morgan fingerprint density at radius 1 is 1.09 bits per heavy atom. The van der Waals surface area contributed by atoms with Crippen LogP contribution in [0.2, 0.25) is 0 Å². The summed E-state index contributed by atoms with van der Waals surface area (Å²) < 4.78 is 5.44. The summed E-state index contributed by atoms with van der Waals surface area (Å²) in [6, 6.07) is 6.88. The Bertz CT molecular complexity index is 460. The molecule has 122 valence electrons. The lowest BCUT2D eigenvalue weighted by Crippen LogP contribution is -2.35. The van der Waals surface area contributed by atoms with Gasteiger partial charge in [0, 0.05) is 18.8 Å². The lowest BCUT2D eigenvalue weighted by molar-refractivity contribution is -0.136. The van der Waals surface area contributed by atoms with Crippen LogP contribution in [0.15, 0.2) is 24.3 Å². The van der Waals surface area contributed by atoms with Crippen molar-refractivity contribution >= 4 is 17.5 Å². The number of anilines is 1. The van der Waals surface area contributed by atoms with Crippen molar-refractivity contribution < 1.29 is 19.4 Å². The van der Waals surface area contributed by atoms with E-state index in [0.717, 1.165) is 25.0 Å². The highest BCUT2D eigenvalue weighted by Crippen LogP contribution is 2.15. The van der Waals surface area contributed by atoms with Crippen LogP contribution in [0, 0.1) is 0 Å². The minimum atomic E-state index is -0.690. The maximum Gasteiger partial charge on any atom is 0.313 e. The van der Waals surface area contributed by atoms with Crippen LogP contribution in [0.3, 0.4) is 0 Å². The third kappa shape index (κ3) is 7.08. The van der Waals surface area contributed by atoms with E-state index in [2.05, 4.69) is 10.6 Å². The average molecular weight is 308 g/mol. The zero-order chi connectivity index (χ0) is 16.2. The molecular formula is C16H24N2O4. The largest absolute Gasteiger partial charge is 0.494 e. The van der Waals surface area contributed by atoms with Crippen LogP contribution in [-0.2, 0) is 9.59 Å². The van der Waals surface area contributed by atoms with Gasteiger partial charge in [-0.2, -0.15) is 0 Å². The molecule has 0 heterocycles. The topological polar surface area (TPSA) is 87.7 Å². The van der Waals surface area contributed by atoms with Crippen LogP contribution >= 0.6 is 0 Å². The summed E-state index contributed by atoms with van der Waals surface area (Å²) in [5.74, 6) is -0.618. The Kier molecular flexibility index (Phi) is 8.67. The number of aliphatic hydroxyl groups excluding tert-OH is 1. The van der Waals surface area contributed by atoms with E-state index in [1.54, 1.807) is 24.3 Å². The molecule has 1 aromatic rings. The summed E-state index contributed by atoms with van der Waals surface area (Å²) in [6.07, 6.45) is 3.19. The van der Waals surface area contributed by atoms with E-state index in [4.69, 9.17) is 9.84 Å². The Hall–Kier alpha value is -2.08. The number of carbonyl (C=O) groups is 2. The second-order valence-electron chi connectivity index (χ2n) is 4.87. The van der Waals surface area contributed by atoms with Crippen molar-refractivity contribution in [1.29, 1.82) is 0 Å². The molecule has 0 unspecified atom stereocenters. The number of ether oxygens (including phenoxy) is 1. The van der Waals surface area contributed by atoms with Crippen LogP contribution in [-0.4, -0.2) is 36.7 Å². The molecule has 1 aromatic carbocycles. The van der Waals surface area contributed by atoms with Crippen molar-refractivity contribution in [1.82, 2.24) is 5.32 Å². The summed E-state index contributed by atoms with van der Waals surface area (Å²) in [6.45, 7) is 3.24. The molecule has 6 heteroatoms. The fourth-order valence-corrected chi connectivity index (χ4v) is 1.74. The first kappa shape index (κ1) is 18.0. The minimum Gasteiger partial charge on any atom is -0.494 e. The van der Waals surface area contributed by atoms with Gasteiger partial charge in [-0.05, 0) is 49.9 Å². The molecule has 0 aliphatic carbocycles. The van der Waals surface area contributed by atoms with Crippen molar-refractivity contribution in [3.05, 3.63) is 24.3 Å². The predicted molar refractivity (Wildman–Crippen MR) is 84.8 cm³/mol. The third-order valence-corrected chi connectivity index (χ3v) is 2.91. The molecule has 22 heavy (non-hydrogen) atoms. The molecule has 0 spiro atoms. The molecule has 0 bridgehead atoms. The Morgan fingerprint density at radius 2 is 1.82 bits per heavy atom. The zero-order valence-electron chi connectivity index (χ0n) is 12.9. The lowest BCUT2D eigenvalue weighted by atomic mass is 10.2. The first-order valence-electron chi connectivity index (χ1n) is 7.60. The van der Waals surface area contributed by atoms with Gasteiger partial charge in [0.2, 0.25) is 0 Å². The zero-order valence-corrected chi connectivity index (χ0v) is 12.9. The van der Waals surface area contributed by atoms with E-state index in [9.17, 15) is 9.59 Å². The van der Waals surface area contributed by atoms with Crippen molar-refractivity contribution in [2.24, 2.45) is 0 Å². The number of benzene rings is 1. The molecule has 0 saturated carbocycles. The van der Waals surface area contributed by atoms with E-state index in [1.165, 1.54) is 0 Å². The van der Waals surface area contributed by atoms with Crippen molar-refractivity contribution in [3.8, 4) is 5.75 Å². The summed E-state index contributed by atoms with van der Waals surface area (Å²) in [5.41, 5.74) is 0.546. The highest BCUT2D eigenvalue weighted by Gasteiger charge is 2.12. The second-order valence-corrected chi connectivity index (χ2v) is 4.87. The average Bonchev–Trinajstić information content (AvgIpc) is 2.53. The minimum absolute atomic E-state index is 0.145. The van der Waals surface area contributed by atoms with E-state index in [1.807, 2.05) is 6.92 Å². The molecule has 6 nitrogen and oxygen atoms in total. The third-order valence-electron chi connectivity index (χ3n) is 2.91. The maximum atomic E-state index is 11.7. The Morgan fingerprint density at radius 3 is 2.45 bits per heavy atom. The summed E-state index contributed by atoms with van der Waals surface area (Å²) in [7, 11) is 0. The van der Waals surface area contributed by atoms with Gasteiger partial charge in [-0.1, -0.05) is 6.92 Å². The molecule has 0 aliphatic heterocycles. The fraction of sp³-hybridized carbons (Fsp3) is 0.500. The SMILES string of the molecule is CCCOc1ccc(NC(=O)C(=O)NCCCCCO)cc1. The van der Waals surface area contributed by atoms with Crippen molar-refractivity contribution in [2.45, 2.75) is 32.6 Å². The molecule has 0 radical (unpaired) electrons. The Balaban J connectivity index is 2.32. The number of rotatable bonds is 9. The van der Waals surface area contributed by atoms with Crippen LogP contribution < -0.4 is 15.4 Å². The van der Waals surface area contributed by atoms with Gasteiger partial charge in [0.1, 0.15) is 5.75 Å². The molecule has 1 rings (SSSR count). The van der Waals surface area contributed by atoms with Gasteiger partial charge in [0.25, 0.3) is 0 Å². The highest BCUT2D eigenvalue weighted by atomic mass is 16.5. The number of aliphatic hydroxyl groups is 1. The van der Waals surface area contributed by atoms with E-state index < -0.39 is 11.8 Å². The van der Waals surface area contributed by atoms with Gasteiger partial charge in [-0.15, -0.1) is 0 Å². The molecule has 0 atom stereocenters. The molecule has 3 N–H and O–H groups in total. The number of hydrogen-bond donors (Lipinski definition) is 3. The molecule has 0 saturated heterocycles. The number of carbonyl (C=O) groups excluding carboxylic acids is 2. The molecule has 2 amide bonds. The standard InChI is InChI=1S/C16H24N2O4/c1-2-12-22-14-8-6-13(7-9-14)18-16(21)15(20)17-10-4-3-5-11-19/h6-9,19H,2-5,10-12H2,1H3,(H,17,20)(H,18,21). The monoisotopic (exact) mass is 308 g/mol. The van der Waals surface area contributed by atoms with Gasteiger partial charge in [0.05, 0.1) is 6.61 Å². The van der Waals surface area contributed by atoms with E-state index >= 15 is 0 Å². The van der Waals surface area contributed by atoms with Gasteiger partial charge in [-0.3, -0.25) is 9.59 Å². The highest BCUT2D eigenvalue weighted by molar-refractivity contribution is 6.39. The number of amides is 2. The van der Waals surface area contributed by atoms with Gasteiger partial charge in [-0.25, -0.2) is 0 Å². The number of hydrogen-bond acceptors (Lipinski definition) is 4. The van der Waals surface area contributed by atoms with Crippen LogP contribution in [0.1, 0.15) is 32.6 Å². The molecular weight excluding hydrogens is 284 g/mol. The van der Waals surface area contributed by atoms with Gasteiger partial charge < -0.3 is 20.5 Å². The lowest BCUT2D eigenvalue weighted by Gasteiger charge is -2.08. The second kappa shape index (κ2) is 10.6. The summed E-state index contributed by atoms with van der Waals surface area (Å²) >= 11 is 0. The first-order valence-corrected chi connectivity index (χ1v) is 7.60. The predicted octanol–water partition coefficient (Wildman–Crippen LogP) is 1.69. The Labute approximate surface area is 130 Å². The van der Waals surface area contributed by atoms with E-state index in [0.29, 0.717) is 25.3 Å². The quantitative estimate of drug-likeness (QED) is 0.478. The summed E-state index contributed by atoms with van der Waals surface area (Å²) in [4.78, 5) is 23.3. The van der Waals surface area contributed by atoms with Gasteiger partial charge >= 0.3 is 11.8 Å². The van der Waals surface area contributed by atoms with E-state index in [-0.39, 0.29) is 6.61 Å². The van der Waals surface area contributed by atoms with Crippen molar-refractivity contribution in [3.63, 3.8) is 0 Å². The first-order chi connectivity index (χ1) is 10.7. The summed E-state index contributed by atoms with van der Waals surface area (Å²) in [5, 5.41) is 13.7. The smallest absolute Gasteiger partial charge is 0.313 e. The fourth-order valence-electron chi connectivity index (χ4n) is 1.74. The molecule has 0 aromatic heterocycles. The van der Waals surface area contributed by atoms with Crippen LogP contribution in [0.25, 0.3) is 0 Å². The van der Waals surface area contributed by atoms with Crippen LogP contribution in [0.5, 0.6) is 5.75 Å². The number of unbranched alkanes of at least 4 members (excludes halogenated alkanes) is 2. The molecule has 0 fully saturated rings. The van der Waals surface area contributed by atoms with Crippen LogP contribution in [0.4, 0.5) is 5.69 Å².